The molecule has 0 aliphatic rings. The van der Waals surface area contributed by atoms with Crippen LogP contribution in [0.1, 0.15) is 0 Å². The summed E-state index contributed by atoms with van der Waals surface area (Å²) in [6.07, 6.45) is 0. The van der Waals surface area contributed by atoms with Gasteiger partial charge in [-0.15, -0.1) is 4.13 Å². The second-order valence-electron chi connectivity index (χ2n) is 6.11. The van der Waals surface area contributed by atoms with Crippen molar-refractivity contribution in [3.05, 3.63) is 84.9 Å². The first-order valence-corrected chi connectivity index (χ1v) is 11.1. The summed E-state index contributed by atoms with van der Waals surface area (Å²) in [5.74, 6) is 0. The number of benzene rings is 4. The van der Waals surface area contributed by atoms with Crippen molar-refractivity contribution in [3.8, 4) is 0 Å². The average molecular weight is 397 g/mol. The molecule has 0 saturated heterocycles. The molecule has 7 heteroatoms. The summed E-state index contributed by atoms with van der Waals surface area (Å²) in [6, 6.07) is 23.5. The highest BCUT2D eigenvalue weighted by molar-refractivity contribution is 8.04. The highest BCUT2D eigenvalue weighted by Crippen LogP contribution is 2.22. The van der Waals surface area contributed by atoms with Crippen molar-refractivity contribution in [3.63, 3.8) is 0 Å². The Balaban J connectivity index is 1.73. The van der Waals surface area contributed by atoms with Gasteiger partial charge in [0.15, 0.2) is 0 Å². The number of fused-ring (bicyclic) bond motifs is 2. The molecule has 0 amide bonds. The maximum Gasteiger partial charge on any atom is 0.253 e. The van der Waals surface area contributed by atoms with Crippen LogP contribution in [0.25, 0.3) is 21.5 Å². The van der Waals surface area contributed by atoms with Gasteiger partial charge < -0.3 is 0 Å². The molecule has 1 N–H and O–H groups in total. The number of hydrogen-bond acceptors (Lipinski definition) is 4. The third-order valence-corrected chi connectivity index (χ3v) is 7.79. The van der Waals surface area contributed by atoms with E-state index in [0.29, 0.717) is 10.8 Å². The lowest BCUT2D eigenvalue weighted by molar-refractivity contribution is 0.577. The average Bonchev–Trinajstić information content (AvgIpc) is 2.66. The second kappa shape index (κ2) is 6.45. The van der Waals surface area contributed by atoms with Crippen LogP contribution in [0.2, 0.25) is 0 Å². The van der Waals surface area contributed by atoms with Crippen molar-refractivity contribution in [2.24, 2.45) is 0 Å². The van der Waals surface area contributed by atoms with E-state index in [1.165, 1.54) is 24.3 Å². The molecule has 0 aromatic heterocycles. The number of sulfonamides is 2. The molecule has 5 nitrogen and oxygen atoms in total. The quantitative estimate of drug-likeness (QED) is 0.570. The highest BCUT2D eigenvalue weighted by Gasteiger charge is 2.25. The fourth-order valence-electron chi connectivity index (χ4n) is 2.91. The van der Waals surface area contributed by atoms with E-state index in [0.717, 1.165) is 10.8 Å². The molecule has 4 aromatic rings. The SMILES string of the molecule is O=S(=O)(NS(=O)(=O)c1ccc2ccccc2c1)c1ccc2ccccc2c1. The normalized spacial score (nSPS) is 12.4. The summed E-state index contributed by atoms with van der Waals surface area (Å²) in [5.41, 5.74) is 0. The molecule has 136 valence electrons. The lowest BCUT2D eigenvalue weighted by Gasteiger charge is -2.10. The fraction of sp³-hybridized carbons (Fsp3) is 0. The van der Waals surface area contributed by atoms with Gasteiger partial charge in [-0.3, -0.25) is 0 Å². The van der Waals surface area contributed by atoms with Crippen LogP contribution in [0, 0.1) is 0 Å². The van der Waals surface area contributed by atoms with Crippen LogP contribution in [-0.4, -0.2) is 16.8 Å². The molecule has 0 heterocycles. The first-order chi connectivity index (χ1) is 12.9. The summed E-state index contributed by atoms with van der Waals surface area (Å²) >= 11 is 0. The lowest BCUT2D eigenvalue weighted by Crippen LogP contribution is -2.30. The minimum Gasteiger partial charge on any atom is -0.206 e. The van der Waals surface area contributed by atoms with Crippen molar-refractivity contribution in [1.29, 1.82) is 0 Å². The van der Waals surface area contributed by atoms with Gasteiger partial charge in [-0.05, 0) is 45.8 Å². The third kappa shape index (κ3) is 3.44. The summed E-state index contributed by atoms with van der Waals surface area (Å²) in [4.78, 5) is -0.212. The summed E-state index contributed by atoms with van der Waals surface area (Å²) in [6.45, 7) is 0. The topological polar surface area (TPSA) is 80.3 Å². The Bertz CT molecular complexity index is 1270. The van der Waals surface area contributed by atoms with Crippen molar-refractivity contribution in [2.45, 2.75) is 9.79 Å². The molecule has 4 aromatic carbocycles. The summed E-state index contributed by atoms with van der Waals surface area (Å²) in [7, 11) is -8.50. The van der Waals surface area contributed by atoms with E-state index in [1.54, 1.807) is 36.4 Å². The van der Waals surface area contributed by atoms with Crippen molar-refractivity contribution in [2.75, 3.05) is 0 Å². The van der Waals surface area contributed by atoms with Gasteiger partial charge >= 0.3 is 0 Å². The largest absolute Gasteiger partial charge is 0.253 e. The van der Waals surface area contributed by atoms with Crippen molar-refractivity contribution < 1.29 is 16.8 Å². The molecule has 0 spiro atoms. The first-order valence-electron chi connectivity index (χ1n) is 8.11. The van der Waals surface area contributed by atoms with E-state index < -0.39 is 20.0 Å². The van der Waals surface area contributed by atoms with Gasteiger partial charge in [-0.25, -0.2) is 16.8 Å². The zero-order valence-corrected chi connectivity index (χ0v) is 15.7. The maximum atomic E-state index is 12.6. The van der Waals surface area contributed by atoms with Crippen LogP contribution in [-0.2, 0) is 20.0 Å². The van der Waals surface area contributed by atoms with Gasteiger partial charge in [0.25, 0.3) is 20.0 Å². The molecule has 0 aliphatic heterocycles. The molecule has 0 unspecified atom stereocenters. The lowest BCUT2D eigenvalue weighted by atomic mass is 10.1. The van der Waals surface area contributed by atoms with E-state index in [2.05, 4.69) is 0 Å². The van der Waals surface area contributed by atoms with Gasteiger partial charge in [0.05, 0.1) is 9.79 Å². The van der Waals surface area contributed by atoms with Gasteiger partial charge in [0.1, 0.15) is 0 Å². The predicted octanol–water partition coefficient (Wildman–Crippen LogP) is 3.66. The molecule has 0 radical (unpaired) electrons. The molecule has 4 rings (SSSR count). The Morgan fingerprint density at radius 3 is 1.26 bits per heavy atom. The maximum absolute atomic E-state index is 12.6. The van der Waals surface area contributed by atoms with E-state index in [-0.39, 0.29) is 9.79 Å². The molecule has 0 saturated carbocycles. The first kappa shape index (κ1) is 17.7. The van der Waals surface area contributed by atoms with Gasteiger partial charge in [-0.2, -0.15) is 0 Å². The van der Waals surface area contributed by atoms with Gasteiger partial charge in [-0.1, -0.05) is 60.7 Å². The molecular formula is C20H15NO4S2. The van der Waals surface area contributed by atoms with Crippen molar-refractivity contribution >= 4 is 41.6 Å². The number of rotatable bonds is 4. The Morgan fingerprint density at radius 2 is 0.852 bits per heavy atom. The van der Waals surface area contributed by atoms with Gasteiger partial charge in [0, 0.05) is 0 Å². The molecule has 0 fully saturated rings. The number of nitrogens with one attached hydrogen (secondary N) is 1. The van der Waals surface area contributed by atoms with Crippen LogP contribution in [0.4, 0.5) is 0 Å². The van der Waals surface area contributed by atoms with Crippen LogP contribution in [0.3, 0.4) is 0 Å². The zero-order valence-electron chi connectivity index (χ0n) is 14.0. The standard InChI is InChI=1S/C20H15NO4S2/c22-26(23,19-11-9-15-5-1-3-7-17(15)13-19)21-27(24,25)20-12-10-16-6-2-4-8-18(16)14-20/h1-14,21H. The molecular weight excluding hydrogens is 382 g/mol. The van der Waals surface area contributed by atoms with Crippen LogP contribution in [0.5, 0.6) is 0 Å². The van der Waals surface area contributed by atoms with Crippen molar-refractivity contribution in [1.82, 2.24) is 4.13 Å². The molecule has 0 bridgehead atoms. The zero-order chi connectivity index (χ0) is 19.1. The van der Waals surface area contributed by atoms with Crippen LogP contribution < -0.4 is 4.13 Å². The molecule has 0 atom stereocenters. The monoisotopic (exact) mass is 397 g/mol. The van der Waals surface area contributed by atoms with E-state index in [1.807, 2.05) is 28.4 Å². The van der Waals surface area contributed by atoms with E-state index in [4.69, 9.17) is 0 Å². The molecule has 0 aliphatic carbocycles. The summed E-state index contributed by atoms with van der Waals surface area (Å²) in [5, 5.41) is 3.16. The van der Waals surface area contributed by atoms with Crippen LogP contribution >= 0.6 is 0 Å². The number of hydrogen-bond donors (Lipinski definition) is 1. The van der Waals surface area contributed by atoms with Gasteiger partial charge in [0.2, 0.25) is 0 Å². The third-order valence-electron chi connectivity index (χ3n) is 4.28. The summed E-state index contributed by atoms with van der Waals surface area (Å²) < 4.78 is 52.4. The molecule has 27 heavy (non-hydrogen) atoms. The smallest absolute Gasteiger partial charge is 0.206 e. The Kier molecular flexibility index (Phi) is 4.22. The fourth-order valence-corrected chi connectivity index (χ4v) is 5.89. The Labute approximate surface area is 157 Å². The predicted molar refractivity (Wildman–Crippen MR) is 105 cm³/mol. The van der Waals surface area contributed by atoms with E-state index >= 15 is 0 Å². The minimum absolute atomic E-state index is 0.106. The van der Waals surface area contributed by atoms with E-state index in [9.17, 15) is 16.8 Å². The Hall–Kier alpha value is -2.74. The van der Waals surface area contributed by atoms with Crippen LogP contribution in [0.15, 0.2) is 94.7 Å². The highest BCUT2D eigenvalue weighted by atomic mass is 32.3. The second-order valence-corrected chi connectivity index (χ2v) is 9.73. The minimum atomic E-state index is -4.25. The Morgan fingerprint density at radius 1 is 0.481 bits per heavy atom.